The fourth-order valence-corrected chi connectivity index (χ4v) is 1.57. The summed E-state index contributed by atoms with van der Waals surface area (Å²) in [5.74, 6) is 3.61. The number of nitrogens with one attached hydrogen (secondary N) is 1. The number of methoxy groups -OCH3 is 1. The summed E-state index contributed by atoms with van der Waals surface area (Å²) in [4.78, 5) is 0. The van der Waals surface area contributed by atoms with Gasteiger partial charge in [0.25, 0.3) is 0 Å². The van der Waals surface area contributed by atoms with Crippen LogP contribution in [0.1, 0.15) is 31.9 Å². The highest BCUT2D eigenvalue weighted by molar-refractivity contribution is 5.29. The summed E-state index contributed by atoms with van der Waals surface area (Å²) in [5.41, 5.74) is 1.22. The van der Waals surface area contributed by atoms with Crippen LogP contribution in [0, 0.1) is 12.3 Å². The minimum Gasteiger partial charge on any atom is -0.497 e. The van der Waals surface area contributed by atoms with Gasteiger partial charge in [0.2, 0.25) is 0 Å². The predicted octanol–water partition coefficient (Wildman–Crippen LogP) is 2.76. The molecular formula is C14H19NO. The highest BCUT2D eigenvalue weighted by atomic mass is 16.5. The topological polar surface area (TPSA) is 21.3 Å². The largest absolute Gasteiger partial charge is 0.497 e. The van der Waals surface area contributed by atoms with Crippen LogP contribution in [-0.2, 0) is 0 Å². The van der Waals surface area contributed by atoms with Gasteiger partial charge in [-0.15, -0.1) is 6.42 Å². The molecule has 2 atom stereocenters. The lowest BCUT2D eigenvalue weighted by Crippen LogP contribution is -2.29. The van der Waals surface area contributed by atoms with Crippen molar-refractivity contribution in [3.63, 3.8) is 0 Å². The van der Waals surface area contributed by atoms with E-state index >= 15 is 0 Å². The van der Waals surface area contributed by atoms with Gasteiger partial charge < -0.3 is 4.74 Å². The van der Waals surface area contributed by atoms with Gasteiger partial charge in [-0.3, -0.25) is 5.32 Å². The van der Waals surface area contributed by atoms with Crippen molar-refractivity contribution in [3.05, 3.63) is 29.8 Å². The number of hydrogen-bond donors (Lipinski definition) is 1. The summed E-state index contributed by atoms with van der Waals surface area (Å²) in [5, 5.41) is 3.39. The Bertz CT molecular complexity index is 350. The van der Waals surface area contributed by atoms with E-state index in [4.69, 9.17) is 11.2 Å². The van der Waals surface area contributed by atoms with Gasteiger partial charge in [0.15, 0.2) is 0 Å². The number of ether oxygens (including phenoxy) is 1. The van der Waals surface area contributed by atoms with Crippen molar-refractivity contribution in [3.8, 4) is 18.1 Å². The van der Waals surface area contributed by atoms with Crippen LogP contribution in [0.15, 0.2) is 24.3 Å². The summed E-state index contributed by atoms with van der Waals surface area (Å²) in [7, 11) is 1.67. The molecule has 1 aromatic rings. The molecule has 0 amide bonds. The fraction of sp³-hybridized carbons (Fsp3) is 0.429. The molecule has 86 valence electrons. The van der Waals surface area contributed by atoms with Crippen LogP contribution in [-0.4, -0.2) is 13.2 Å². The highest BCUT2D eigenvalue weighted by Crippen LogP contribution is 2.17. The Kier molecular flexibility index (Phi) is 4.88. The molecule has 0 aliphatic carbocycles. The summed E-state index contributed by atoms with van der Waals surface area (Å²) in [6.07, 6.45) is 6.36. The number of terminal acetylenes is 1. The quantitative estimate of drug-likeness (QED) is 0.766. The molecule has 0 aromatic heterocycles. The molecule has 0 aliphatic rings. The van der Waals surface area contributed by atoms with Gasteiger partial charge in [0.1, 0.15) is 5.75 Å². The van der Waals surface area contributed by atoms with Crippen LogP contribution in [0.25, 0.3) is 0 Å². The van der Waals surface area contributed by atoms with Gasteiger partial charge in [-0.2, -0.15) is 0 Å². The molecule has 2 heteroatoms. The van der Waals surface area contributed by atoms with Crippen molar-refractivity contribution in [1.29, 1.82) is 0 Å². The van der Waals surface area contributed by atoms with E-state index in [0.717, 1.165) is 12.2 Å². The lowest BCUT2D eigenvalue weighted by molar-refractivity contribution is 0.414. The Morgan fingerprint density at radius 2 is 2.00 bits per heavy atom. The van der Waals surface area contributed by atoms with Gasteiger partial charge in [-0.1, -0.05) is 25.0 Å². The molecule has 1 unspecified atom stereocenters. The van der Waals surface area contributed by atoms with Crippen LogP contribution < -0.4 is 10.1 Å². The molecule has 0 bridgehead atoms. The van der Waals surface area contributed by atoms with Crippen LogP contribution in [0.5, 0.6) is 5.75 Å². The monoisotopic (exact) mass is 217 g/mol. The molecule has 0 saturated carbocycles. The van der Waals surface area contributed by atoms with Crippen molar-refractivity contribution in [2.75, 3.05) is 7.11 Å². The predicted molar refractivity (Wildman–Crippen MR) is 67.5 cm³/mol. The van der Waals surface area contributed by atoms with E-state index in [1.807, 2.05) is 12.1 Å². The van der Waals surface area contributed by atoms with Crippen LogP contribution >= 0.6 is 0 Å². The summed E-state index contributed by atoms with van der Waals surface area (Å²) in [6.45, 7) is 4.19. The maximum Gasteiger partial charge on any atom is 0.118 e. The van der Waals surface area contributed by atoms with Gasteiger partial charge in [-0.05, 0) is 31.0 Å². The minimum absolute atomic E-state index is 0.136. The van der Waals surface area contributed by atoms with E-state index < -0.39 is 0 Å². The standard InChI is InChI=1S/C14H19NO/c1-5-13(6-2)15-11(3)12-7-9-14(16-4)10-8-12/h1,7-11,13,15H,6H2,2-4H3/t11-,13?/m0/s1. The zero-order chi connectivity index (χ0) is 12.0. The maximum atomic E-state index is 5.42. The van der Waals surface area contributed by atoms with Crippen LogP contribution in [0.4, 0.5) is 0 Å². The molecule has 16 heavy (non-hydrogen) atoms. The van der Waals surface area contributed by atoms with E-state index in [9.17, 15) is 0 Å². The first-order valence-corrected chi connectivity index (χ1v) is 5.57. The molecule has 1 N–H and O–H groups in total. The second-order valence-electron chi connectivity index (χ2n) is 3.79. The van der Waals surface area contributed by atoms with Crippen LogP contribution in [0.3, 0.4) is 0 Å². The SMILES string of the molecule is C#CC(CC)N[C@@H](C)c1ccc(OC)cc1. The Morgan fingerprint density at radius 1 is 1.38 bits per heavy atom. The van der Waals surface area contributed by atoms with E-state index in [1.165, 1.54) is 5.56 Å². The molecule has 0 radical (unpaired) electrons. The Hall–Kier alpha value is -1.46. The third-order valence-corrected chi connectivity index (χ3v) is 2.68. The molecule has 0 spiro atoms. The van der Waals surface area contributed by atoms with Crippen molar-refractivity contribution >= 4 is 0 Å². The minimum atomic E-state index is 0.136. The molecule has 1 rings (SSSR count). The van der Waals surface area contributed by atoms with Crippen molar-refractivity contribution in [1.82, 2.24) is 5.32 Å². The molecular weight excluding hydrogens is 198 g/mol. The number of rotatable bonds is 5. The van der Waals surface area contributed by atoms with Gasteiger partial charge in [0, 0.05) is 6.04 Å². The summed E-state index contributed by atoms with van der Waals surface area (Å²) >= 11 is 0. The lowest BCUT2D eigenvalue weighted by Gasteiger charge is -2.18. The Morgan fingerprint density at radius 3 is 2.44 bits per heavy atom. The average molecular weight is 217 g/mol. The van der Waals surface area contributed by atoms with Crippen molar-refractivity contribution in [2.45, 2.75) is 32.4 Å². The second-order valence-corrected chi connectivity index (χ2v) is 3.79. The van der Waals surface area contributed by atoms with Crippen LogP contribution in [0.2, 0.25) is 0 Å². The molecule has 2 nitrogen and oxygen atoms in total. The van der Waals surface area contributed by atoms with E-state index in [-0.39, 0.29) is 12.1 Å². The zero-order valence-electron chi connectivity index (χ0n) is 10.2. The summed E-state index contributed by atoms with van der Waals surface area (Å²) in [6, 6.07) is 8.43. The maximum absolute atomic E-state index is 5.42. The molecule has 1 aromatic carbocycles. The average Bonchev–Trinajstić information content (AvgIpc) is 2.35. The Balaban J connectivity index is 2.65. The molecule has 0 heterocycles. The van der Waals surface area contributed by atoms with E-state index in [1.54, 1.807) is 7.11 Å². The molecule has 0 saturated heterocycles. The third kappa shape index (κ3) is 3.29. The highest BCUT2D eigenvalue weighted by Gasteiger charge is 2.09. The fourth-order valence-electron chi connectivity index (χ4n) is 1.57. The third-order valence-electron chi connectivity index (χ3n) is 2.68. The van der Waals surface area contributed by atoms with Gasteiger partial charge in [-0.25, -0.2) is 0 Å². The Labute approximate surface area is 98.0 Å². The number of benzene rings is 1. The van der Waals surface area contributed by atoms with Gasteiger partial charge in [0.05, 0.1) is 13.2 Å². The van der Waals surface area contributed by atoms with Crippen molar-refractivity contribution in [2.24, 2.45) is 0 Å². The first-order valence-electron chi connectivity index (χ1n) is 5.57. The summed E-state index contributed by atoms with van der Waals surface area (Å²) < 4.78 is 5.12. The van der Waals surface area contributed by atoms with Crippen molar-refractivity contribution < 1.29 is 4.74 Å². The molecule has 0 aliphatic heterocycles. The number of hydrogen-bond acceptors (Lipinski definition) is 2. The smallest absolute Gasteiger partial charge is 0.118 e. The first kappa shape index (κ1) is 12.6. The second kappa shape index (κ2) is 6.19. The van der Waals surface area contributed by atoms with Gasteiger partial charge >= 0.3 is 0 Å². The molecule has 0 fully saturated rings. The van der Waals surface area contributed by atoms with E-state index in [0.29, 0.717) is 0 Å². The lowest BCUT2D eigenvalue weighted by atomic mass is 10.1. The zero-order valence-corrected chi connectivity index (χ0v) is 10.2. The van der Waals surface area contributed by atoms with E-state index in [2.05, 4.69) is 37.2 Å². The first-order chi connectivity index (χ1) is 7.71. The normalized spacial score (nSPS) is 13.9.